The van der Waals surface area contributed by atoms with Gasteiger partial charge in [0.2, 0.25) is 5.91 Å². The van der Waals surface area contributed by atoms with E-state index in [4.69, 9.17) is 22.1 Å². The minimum absolute atomic E-state index is 0.0112. The second-order valence-electron chi connectivity index (χ2n) is 4.68. The van der Waals surface area contributed by atoms with Crippen LogP contribution in [0.3, 0.4) is 0 Å². The third kappa shape index (κ3) is 3.26. The molecule has 1 heterocycles. The maximum atomic E-state index is 12.1. The van der Waals surface area contributed by atoms with Gasteiger partial charge in [-0.15, -0.1) is 0 Å². The maximum absolute atomic E-state index is 12.1. The van der Waals surface area contributed by atoms with Crippen LogP contribution >= 0.6 is 11.6 Å². The maximum Gasteiger partial charge on any atom is 0.239 e. The van der Waals surface area contributed by atoms with E-state index in [1.54, 1.807) is 4.90 Å². The lowest BCUT2D eigenvalue weighted by Crippen LogP contribution is -2.49. The van der Waals surface area contributed by atoms with Crippen LogP contribution in [0.2, 0.25) is 5.02 Å². The van der Waals surface area contributed by atoms with Crippen LogP contribution in [0.1, 0.15) is 25.0 Å². The number of nitrogens with zero attached hydrogens (tertiary/aromatic N) is 1. The number of benzene rings is 1. The molecule has 1 saturated heterocycles. The first-order valence-electron chi connectivity index (χ1n) is 6.54. The highest BCUT2D eigenvalue weighted by atomic mass is 35.5. The smallest absolute Gasteiger partial charge is 0.239 e. The predicted molar refractivity (Wildman–Crippen MR) is 75.0 cm³/mol. The average molecular weight is 283 g/mol. The van der Waals surface area contributed by atoms with Gasteiger partial charge in [0.1, 0.15) is 6.10 Å². The van der Waals surface area contributed by atoms with Gasteiger partial charge in [-0.25, -0.2) is 0 Å². The largest absolute Gasteiger partial charge is 0.370 e. The monoisotopic (exact) mass is 282 g/mol. The van der Waals surface area contributed by atoms with E-state index >= 15 is 0 Å². The second kappa shape index (κ2) is 6.37. The SMILES string of the molecule is CC[C@@H](N)C(=O)N1CCO[C@H](c2ccccc2Cl)C1. The number of amides is 1. The van der Waals surface area contributed by atoms with Crippen LogP contribution in [0, 0.1) is 0 Å². The van der Waals surface area contributed by atoms with Crippen molar-refractivity contribution in [3.05, 3.63) is 34.9 Å². The normalized spacial score (nSPS) is 21.2. The zero-order valence-electron chi connectivity index (χ0n) is 11.0. The molecule has 0 spiro atoms. The van der Waals surface area contributed by atoms with E-state index in [1.807, 2.05) is 31.2 Å². The van der Waals surface area contributed by atoms with Gasteiger partial charge in [0, 0.05) is 17.1 Å². The number of nitrogens with two attached hydrogens (primary N) is 1. The number of hydrogen-bond donors (Lipinski definition) is 1. The Labute approximate surface area is 118 Å². The first-order chi connectivity index (χ1) is 9.13. The van der Waals surface area contributed by atoms with Crippen molar-refractivity contribution < 1.29 is 9.53 Å². The molecule has 0 radical (unpaired) electrons. The molecule has 2 atom stereocenters. The first-order valence-corrected chi connectivity index (χ1v) is 6.91. The fourth-order valence-corrected chi connectivity index (χ4v) is 2.44. The number of rotatable bonds is 3. The Bertz CT molecular complexity index is 453. The quantitative estimate of drug-likeness (QED) is 0.922. The zero-order chi connectivity index (χ0) is 13.8. The average Bonchev–Trinajstić information content (AvgIpc) is 2.46. The Morgan fingerprint density at radius 2 is 2.32 bits per heavy atom. The lowest BCUT2D eigenvalue weighted by molar-refractivity contribution is -0.140. The van der Waals surface area contributed by atoms with Crippen LogP contribution in [-0.4, -0.2) is 36.5 Å². The highest BCUT2D eigenvalue weighted by Gasteiger charge is 2.28. The van der Waals surface area contributed by atoms with Crippen molar-refractivity contribution in [1.82, 2.24) is 4.90 Å². The molecule has 1 aromatic rings. The number of morpholine rings is 1. The summed E-state index contributed by atoms with van der Waals surface area (Å²) in [6.07, 6.45) is 0.475. The zero-order valence-corrected chi connectivity index (χ0v) is 11.8. The van der Waals surface area contributed by atoms with Gasteiger partial charge >= 0.3 is 0 Å². The molecule has 1 aliphatic heterocycles. The van der Waals surface area contributed by atoms with Crippen molar-refractivity contribution in [2.24, 2.45) is 5.73 Å². The minimum Gasteiger partial charge on any atom is -0.370 e. The highest BCUT2D eigenvalue weighted by Crippen LogP contribution is 2.28. The van der Waals surface area contributed by atoms with Gasteiger partial charge < -0.3 is 15.4 Å². The molecule has 0 unspecified atom stereocenters. The summed E-state index contributed by atoms with van der Waals surface area (Å²) in [6.45, 7) is 3.52. The summed E-state index contributed by atoms with van der Waals surface area (Å²) < 4.78 is 5.72. The number of carbonyl (C=O) groups excluding carboxylic acids is 1. The topological polar surface area (TPSA) is 55.6 Å². The first kappa shape index (κ1) is 14.3. The Hall–Kier alpha value is -1.10. The highest BCUT2D eigenvalue weighted by molar-refractivity contribution is 6.31. The van der Waals surface area contributed by atoms with Gasteiger partial charge in [0.25, 0.3) is 0 Å². The lowest BCUT2D eigenvalue weighted by atomic mass is 10.1. The van der Waals surface area contributed by atoms with Gasteiger partial charge in [-0.3, -0.25) is 4.79 Å². The fourth-order valence-electron chi connectivity index (χ4n) is 2.18. The summed E-state index contributed by atoms with van der Waals surface area (Å²) in [5, 5.41) is 0.668. The molecule has 1 aromatic carbocycles. The Morgan fingerprint density at radius 3 is 3.00 bits per heavy atom. The number of ether oxygens (including phenoxy) is 1. The molecule has 19 heavy (non-hydrogen) atoms. The molecule has 0 aliphatic carbocycles. The third-order valence-electron chi connectivity index (χ3n) is 3.39. The van der Waals surface area contributed by atoms with Gasteiger partial charge in [0.15, 0.2) is 0 Å². The molecule has 2 rings (SSSR count). The second-order valence-corrected chi connectivity index (χ2v) is 5.09. The Kier molecular flexibility index (Phi) is 4.80. The lowest BCUT2D eigenvalue weighted by Gasteiger charge is -2.34. The molecule has 4 nitrogen and oxygen atoms in total. The van der Waals surface area contributed by atoms with Gasteiger partial charge in [0.05, 0.1) is 19.2 Å². The van der Waals surface area contributed by atoms with E-state index in [-0.39, 0.29) is 12.0 Å². The molecule has 1 aliphatic rings. The van der Waals surface area contributed by atoms with Crippen LogP contribution in [0.15, 0.2) is 24.3 Å². The number of hydrogen-bond acceptors (Lipinski definition) is 3. The molecule has 1 fully saturated rings. The standard InChI is InChI=1S/C14H19ClN2O2/c1-2-12(16)14(18)17-7-8-19-13(9-17)10-5-3-4-6-11(10)15/h3-6,12-13H,2,7-9,16H2,1H3/t12-,13+/m1/s1. The van der Waals surface area contributed by atoms with E-state index in [9.17, 15) is 4.79 Å². The summed E-state index contributed by atoms with van der Waals surface area (Å²) >= 11 is 6.17. The van der Waals surface area contributed by atoms with Crippen LogP contribution in [-0.2, 0) is 9.53 Å². The van der Waals surface area contributed by atoms with E-state index in [0.29, 0.717) is 31.1 Å². The van der Waals surface area contributed by atoms with E-state index in [2.05, 4.69) is 0 Å². The van der Waals surface area contributed by atoms with E-state index in [1.165, 1.54) is 0 Å². The predicted octanol–water partition coefficient (Wildman–Crippen LogP) is 1.98. The summed E-state index contributed by atoms with van der Waals surface area (Å²) in [4.78, 5) is 13.9. The molecule has 0 aromatic heterocycles. The van der Waals surface area contributed by atoms with Gasteiger partial charge in [-0.05, 0) is 12.5 Å². The van der Waals surface area contributed by atoms with Crippen LogP contribution in [0.5, 0.6) is 0 Å². The number of halogens is 1. The summed E-state index contributed by atoms with van der Waals surface area (Å²) in [6, 6.07) is 7.14. The molecule has 2 N–H and O–H groups in total. The fraction of sp³-hybridized carbons (Fsp3) is 0.500. The Balaban J connectivity index is 2.09. The molecule has 0 bridgehead atoms. The van der Waals surface area contributed by atoms with Crippen LogP contribution < -0.4 is 5.73 Å². The molecule has 104 valence electrons. The molecule has 0 saturated carbocycles. The van der Waals surface area contributed by atoms with E-state index in [0.717, 1.165) is 5.56 Å². The molecular formula is C14H19ClN2O2. The van der Waals surface area contributed by atoms with Crippen molar-refractivity contribution in [3.8, 4) is 0 Å². The summed E-state index contributed by atoms with van der Waals surface area (Å²) in [5.41, 5.74) is 6.73. The molecule has 5 heteroatoms. The van der Waals surface area contributed by atoms with Crippen LogP contribution in [0.25, 0.3) is 0 Å². The summed E-state index contributed by atoms with van der Waals surface area (Å²) in [7, 11) is 0. The van der Waals surface area contributed by atoms with Crippen molar-refractivity contribution in [3.63, 3.8) is 0 Å². The van der Waals surface area contributed by atoms with Gasteiger partial charge in [-0.1, -0.05) is 36.7 Å². The minimum atomic E-state index is -0.426. The number of carbonyl (C=O) groups is 1. The van der Waals surface area contributed by atoms with Crippen molar-refractivity contribution in [2.45, 2.75) is 25.5 Å². The van der Waals surface area contributed by atoms with Crippen LogP contribution in [0.4, 0.5) is 0 Å². The van der Waals surface area contributed by atoms with Gasteiger partial charge in [-0.2, -0.15) is 0 Å². The third-order valence-corrected chi connectivity index (χ3v) is 3.73. The van der Waals surface area contributed by atoms with Crippen molar-refractivity contribution >= 4 is 17.5 Å². The summed E-state index contributed by atoms with van der Waals surface area (Å²) in [5.74, 6) is -0.0112. The Morgan fingerprint density at radius 1 is 1.58 bits per heavy atom. The van der Waals surface area contributed by atoms with Crippen molar-refractivity contribution in [1.29, 1.82) is 0 Å². The van der Waals surface area contributed by atoms with Crippen molar-refractivity contribution in [2.75, 3.05) is 19.7 Å². The molecule has 1 amide bonds. The van der Waals surface area contributed by atoms with E-state index < -0.39 is 6.04 Å². The molecular weight excluding hydrogens is 264 g/mol.